The van der Waals surface area contributed by atoms with Gasteiger partial charge in [-0.2, -0.15) is 0 Å². The van der Waals surface area contributed by atoms with E-state index >= 15 is 0 Å². The fourth-order valence-electron chi connectivity index (χ4n) is 0.591. The van der Waals surface area contributed by atoms with Crippen LogP contribution in [0.25, 0.3) is 0 Å². The molecule has 0 unspecified atom stereocenters. The molecule has 0 aromatic heterocycles. The molecule has 0 fully saturated rings. The molecule has 1 aromatic rings. The first-order valence-electron chi connectivity index (χ1n) is 2.62. The number of hydrogen-bond acceptors (Lipinski definition) is 1. The monoisotopic (exact) mass is 165 g/mol. The molecule has 0 radical (unpaired) electrons. The van der Waals surface area contributed by atoms with Crippen molar-refractivity contribution in [3.63, 3.8) is 0 Å². The van der Waals surface area contributed by atoms with Crippen LogP contribution in [0.2, 0.25) is 0 Å². The van der Waals surface area contributed by atoms with Gasteiger partial charge in [-0.1, -0.05) is 0 Å². The molecule has 0 bridgehead atoms. The first kappa shape index (κ1) is 7.84. The smallest absolute Gasteiger partial charge is 0.199 e. The maximum Gasteiger partial charge on any atom is 0.199 e. The van der Waals surface area contributed by atoms with E-state index in [9.17, 15) is 17.6 Å². The van der Waals surface area contributed by atoms with Gasteiger partial charge in [0.25, 0.3) is 0 Å². The number of halogens is 4. The van der Waals surface area contributed by atoms with E-state index in [1.165, 1.54) is 0 Å². The Labute approximate surface area is 59.4 Å². The lowest BCUT2D eigenvalue weighted by Crippen LogP contribution is -2.00. The fourth-order valence-corrected chi connectivity index (χ4v) is 0.591. The molecule has 0 aliphatic heterocycles. The van der Waals surface area contributed by atoms with Crippen molar-refractivity contribution in [1.29, 1.82) is 0 Å². The normalized spacial score (nSPS) is 10.2. The highest BCUT2D eigenvalue weighted by Crippen LogP contribution is 2.19. The van der Waals surface area contributed by atoms with Gasteiger partial charge in [-0.15, -0.1) is 0 Å². The van der Waals surface area contributed by atoms with Crippen LogP contribution in [0.4, 0.5) is 23.2 Å². The van der Waals surface area contributed by atoms with Crippen LogP contribution >= 0.6 is 0 Å². The molecule has 0 spiro atoms. The van der Waals surface area contributed by atoms with Gasteiger partial charge in [0.15, 0.2) is 23.3 Å². The second kappa shape index (κ2) is 2.41. The highest BCUT2D eigenvalue weighted by Gasteiger charge is 2.16. The number of nitrogens with two attached hydrogens (primary N) is 1. The van der Waals surface area contributed by atoms with Crippen LogP contribution in [-0.4, -0.2) is 0 Å². The predicted molar refractivity (Wildman–Crippen MR) is 30.7 cm³/mol. The summed E-state index contributed by atoms with van der Waals surface area (Å²) in [4.78, 5) is 0. The quantitative estimate of drug-likeness (QED) is 0.270. The molecular weight excluding hydrogens is 162 g/mol. The Morgan fingerprint density at radius 1 is 0.909 bits per heavy atom. The molecule has 1 aromatic carbocycles. The third kappa shape index (κ3) is 1.13. The second-order valence-electron chi connectivity index (χ2n) is 1.89. The highest BCUT2D eigenvalue weighted by atomic mass is 19.2. The van der Waals surface area contributed by atoms with Crippen molar-refractivity contribution in [2.45, 2.75) is 0 Å². The zero-order valence-corrected chi connectivity index (χ0v) is 5.17. The van der Waals surface area contributed by atoms with E-state index in [0.717, 1.165) is 0 Å². The molecule has 0 atom stereocenters. The molecular formula is C6H3F4N. The van der Waals surface area contributed by atoms with Crippen LogP contribution in [0.15, 0.2) is 6.07 Å². The van der Waals surface area contributed by atoms with Gasteiger partial charge in [0.2, 0.25) is 0 Å². The van der Waals surface area contributed by atoms with Crippen LogP contribution in [0.3, 0.4) is 0 Å². The van der Waals surface area contributed by atoms with Crippen molar-refractivity contribution in [3.8, 4) is 0 Å². The van der Waals surface area contributed by atoms with Gasteiger partial charge >= 0.3 is 0 Å². The average molecular weight is 165 g/mol. The number of nitrogen functional groups attached to an aromatic ring is 1. The maximum absolute atomic E-state index is 12.3. The molecule has 0 saturated heterocycles. The van der Waals surface area contributed by atoms with Gasteiger partial charge in [-0.3, -0.25) is 0 Å². The van der Waals surface area contributed by atoms with Gasteiger partial charge < -0.3 is 5.73 Å². The van der Waals surface area contributed by atoms with Gasteiger partial charge in [-0.25, -0.2) is 17.6 Å². The third-order valence-electron chi connectivity index (χ3n) is 1.13. The molecule has 2 N–H and O–H groups in total. The van der Waals surface area contributed by atoms with Gasteiger partial charge in [0, 0.05) is 6.07 Å². The minimum atomic E-state index is -1.89. The van der Waals surface area contributed by atoms with Crippen LogP contribution < -0.4 is 5.73 Å². The summed E-state index contributed by atoms with van der Waals surface area (Å²) in [6.45, 7) is 0. The van der Waals surface area contributed by atoms with E-state index in [-0.39, 0.29) is 0 Å². The molecule has 0 amide bonds. The lowest BCUT2D eigenvalue weighted by molar-refractivity contribution is 0.411. The predicted octanol–water partition coefficient (Wildman–Crippen LogP) is 1.83. The molecule has 0 aliphatic rings. The fraction of sp³-hybridized carbons (Fsp3) is 0. The van der Waals surface area contributed by atoms with E-state index in [0.29, 0.717) is 6.07 Å². The van der Waals surface area contributed by atoms with Crippen LogP contribution in [0.1, 0.15) is 0 Å². The van der Waals surface area contributed by atoms with E-state index in [1.807, 2.05) is 0 Å². The van der Waals surface area contributed by atoms with Gasteiger partial charge in [-0.05, 0) is 0 Å². The summed E-state index contributed by atoms with van der Waals surface area (Å²) in [7, 11) is 0. The summed E-state index contributed by atoms with van der Waals surface area (Å²) in [5.74, 6) is -6.80. The minimum absolute atomic E-state index is 0.383. The number of benzene rings is 1. The molecule has 11 heavy (non-hydrogen) atoms. The Kier molecular flexibility index (Phi) is 1.72. The Bertz CT molecular complexity index is 271. The van der Waals surface area contributed by atoms with Crippen LogP contribution in [-0.2, 0) is 0 Å². The first-order valence-corrected chi connectivity index (χ1v) is 2.62. The van der Waals surface area contributed by atoms with Crippen molar-refractivity contribution >= 4 is 5.69 Å². The van der Waals surface area contributed by atoms with E-state index in [4.69, 9.17) is 5.73 Å². The van der Waals surface area contributed by atoms with E-state index in [2.05, 4.69) is 0 Å². The highest BCUT2D eigenvalue weighted by molar-refractivity contribution is 5.40. The summed E-state index contributed by atoms with van der Waals surface area (Å²) < 4.78 is 48.7. The van der Waals surface area contributed by atoms with Crippen molar-refractivity contribution in [3.05, 3.63) is 29.3 Å². The number of rotatable bonds is 0. The summed E-state index contributed by atoms with van der Waals surface area (Å²) in [6, 6.07) is 0.383. The largest absolute Gasteiger partial charge is 0.396 e. The van der Waals surface area contributed by atoms with Crippen molar-refractivity contribution in [2.75, 3.05) is 5.73 Å². The molecule has 0 heterocycles. The Morgan fingerprint density at radius 2 is 1.45 bits per heavy atom. The average Bonchev–Trinajstić information content (AvgIpc) is 1.97. The Balaban J connectivity index is 3.46. The van der Waals surface area contributed by atoms with E-state index < -0.39 is 29.0 Å². The minimum Gasteiger partial charge on any atom is -0.396 e. The van der Waals surface area contributed by atoms with Crippen LogP contribution in [0.5, 0.6) is 0 Å². The third-order valence-corrected chi connectivity index (χ3v) is 1.13. The zero-order valence-electron chi connectivity index (χ0n) is 5.17. The Morgan fingerprint density at radius 3 is 2.00 bits per heavy atom. The van der Waals surface area contributed by atoms with Gasteiger partial charge in [0.1, 0.15) is 0 Å². The van der Waals surface area contributed by atoms with Crippen molar-refractivity contribution in [2.24, 2.45) is 0 Å². The first-order chi connectivity index (χ1) is 5.04. The van der Waals surface area contributed by atoms with Gasteiger partial charge in [0.05, 0.1) is 5.69 Å². The summed E-state index contributed by atoms with van der Waals surface area (Å²) in [6.07, 6.45) is 0. The number of hydrogen-bond donors (Lipinski definition) is 1. The molecule has 0 saturated carbocycles. The standard InChI is InChI=1S/C6H3F4N/c7-2-1-3(11)5(9)6(10)4(2)8/h1H,11H2. The second-order valence-corrected chi connectivity index (χ2v) is 1.89. The molecule has 1 rings (SSSR count). The SMILES string of the molecule is Nc1cc(F)c(F)c(F)c1F. The molecule has 0 aliphatic carbocycles. The molecule has 5 heteroatoms. The summed E-state index contributed by atoms with van der Waals surface area (Å²) >= 11 is 0. The summed E-state index contributed by atoms with van der Waals surface area (Å²) in [5, 5.41) is 0. The lowest BCUT2D eigenvalue weighted by atomic mass is 10.3. The van der Waals surface area contributed by atoms with Crippen molar-refractivity contribution < 1.29 is 17.6 Å². The number of anilines is 1. The van der Waals surface area contributed by atoms with Crippen LogP contribution in [0, 0.1) is 23.3 Å². The molecule has 60 valence electrons. The molecule has 1 nitrogen and oxygen atoms in total. The van der Waals surface area contributed by atoms with Crippen molar-refractivity contribution in [1.82, 2.24) is 0 Å². The lowest BCUT2D eigenvalue weighted by Gasteiger charge is -1.99. The maximum atomic E-state index is 12.3. The van der Waals surface area contributed by atoms with E-state index in [1.54, 1.807) is 0 Å². The Hall–Kier alpha value is -1.26. The topological polar surface area (TPSA) is 26.0 Å². The zero-order chi connectivity index (χ0) is 8.59. The summed E-state index contributed by atoms with van der Waals surface area (Å²) in [5.41, 5.74) is 4.02.